The van der Waals surface area contributed by atoms with Gasteiger partial charge in [0.05, 0.1) is 31.3 Å². The molecule has 1 heterocycles. The maximum absolute atomic E-state index is 13.9. The first-order valence-corrected chi connectivity index (χ1v) is 13.3. The van der Waals surface area contributed by atoms with Gasteiger partial charge in [0, 0.05) is 10.6 Å². The number of ether oxygens (including phenoxy) is 2. The average molecular weight is 558 g/mol. The lowest BCUT2D eigenvalue weighted by Crippen LogP contribution is -2.52. The van der Waals surface area contributed by atoms with E-state index in [1.807, 2.05) is 20.8 Å². The number of amides is 3. The van der Waals surface area contributed by atoms with Crippen LogP contribution in [-0.4, -0.2) is 44.0 Å². The van der Waals surface area contributed by atoms with Gasteiger partial charge >= 0.3 is 0 Å². The lowest BCUT2D eigenvalue weighted by atomic mass is 9.98. The number of benzene rings is 2. The fourth-order valence-corrected chi connectivity index (χ4v) is 4.53. The first kappa shape index (κ1) is 29.0. The molecule has 2 N–H and O–H groups in total. The van der Waals surface area contributed by atoms with E-state index in [0.717, 1.165) is 0 Å². The van der Waals surface area contributed by atoms with E-state index in [-0.39, 0.29) is 18.1 Å². The van der Waals surface area contributed by atoms with E-state index in [9.17, 15) is 14.4 Å². The molecule has 0 aliphatic carbocycles. The highest BCUT2D eigenvalue weighted by Gasteiger charge is 2.36. The van der Waals surface area contributed by atoms with Gasteiger partial charge in [0.25, 0.3) is 5.91 Å². The maximum atomic E-state index is 13.9. The monoisotopic (exact) mass is 557 g/mol. The number of carbonyl (C=O) groups excluding carboxylic acids is 3. The van der Waals surface area contributed by atoms with Gasteiger partial charge in [0.15, 0.2) is 0 Å². The van der Waals surface area contributed by atoms with E-state index in [1.165, 1.54) is 30.5 Å². The third-order valence-corrected chi connectivity index (χ3v) is 7.18. The number of thiophene rings is 1. The van der Waals surface area contributed by atoms with Crippen LogP contribution in [0.4, 0.5) is 5.69 Å². The number of methoxy groups -OCH3 is 2. The van der Waals surface area contributed by atoms with Crippen molar-refractivity contribution in [2.45, 2.75) is 38.8 Å². The largest absolute Gasteiger partial charge is 0.497 e. The van der Waals surface area contributed by atoms with Gasteiger partial charge in [0.1, 0.15) is 17.5 Å². The zero-order valence-corrected chi connectivity index (χ0v) is 23.6. The van der Waals surface area contributed by atoms with Crippen LogP contribution in [0.3, 0.4) is 0 Å². The Kier molecular flexibility index (Phi) is 9.77. The minimum absolute atomic E-state index is 0.285. The van der Waals surface area contributed by atoms with Crippen LogP contribution in [0, 0.1) is 0 Å². The number of rotatable bonds is 11. The average Bonchev–Trinajstić information content (AvgIpc) is 3.45. The Hall–Kier alpha value is -3.56. The van der Waals surface area contributed by atoms with Gasteiger partial charge in [-0.3, -0.25) is 19.3 Å². The summed E-state index contributed by atoms with van der Waals surface area (Å²) < 4.78 is 11.0. The van der Waals surface area contributed by atoms with Gasteiger partial charge < -0.3 is 20.1 Å². The number of anilines is 1. The minimum atomic E-state index is -1.13. The third kappa shape index (κ3) is 7.05. The van der Waals surface area contributed by atoms with Crippen LogP contribution in [0.2, 0.25) is 5.02 Å². The maximum Gasteiger partial charge on any atom is 0.261 e. The number of carbonyl (C=O) groups is 3. The quantitative estimate of drug-likeness (QED) is 0.336. The van der Waals surface area contributed by atoms with Gasteiger partial charge in [-0.25, -0.2) is 0 Å². The van der Waals surface area contributed by atoms with Crippen molar-refractivity contribution in [1.82, 2.24) is 10.6 Å². The van der Waals surface area contributed by atoms with Crippen molar-refractivity contribution in [3.8, 4) is 11.5 Å². The molecule has 2 aromatic carbocycles. The summed E-state index contributed by atoms with van der Waals surface area (Å²) >= 11 is 7.61. The Labute approximate surface area is 231 Å². The van der Waals surface area contributed by atoms with Crippen molar-refractivity contribution in [1.29, 1.82) is 0 Å². The second kappa shape index (κ2) is 12.8. The standard InChI is InChI=1S/C28H32ClN3O5S/c1-6-28(2,3)31-27(35)25(18-9-7-10-20(15-18)36-4)32(21-16-19(29)12-13-22(21)37-5)24(33)17-30-26(34)23-11-8-14-38-23/h7-16,25H,6,17H2,1-5H3,(H,30,34)(H,31,35). The van der Waals surface area contributed by atoms with Crippen molar-refractivity contribution >= 4 is 46.3 Å². The van der Waals surface area contributed by atoms with Crippen LogP contribution in [-0.2, 0) is 9.59 Å². The van der Waals surface area contributed by atoms with Crippen LogP contribution < -0.4 is 25.0 Å². The highest BCUT2D eigenvalue weighted by Crippen LogP contribution is 2.38. The van der Waals surface area contributed by atoms with Gasteiger partial charge in [-0.15, -0.1) is 11.3 Å². The molecule has 0 fully saturated rings. The molecule has 3 amide bonds. The summed E-state index contributed by atoms with van der Waals surface area (Å²) in [5.41, 5.74) is 0.246. The first-order chi connectivity index (χ1) is 18.1. The van der Waals surface area contributed by atoms with Gasteiger partial charge in [-0.2, -0.15) is 0 Å². The molecule has 3 aromatic rings. The van der Waals surface area contributed by atoms with Crippen molar-refractivity contribution in [2.75, 3.05) is 25.7 Å². The molecule has 8 nitrogen and oxygen atoms in total. The second-order valence-electron chi connectivity index (χ2n) is 9.15. The molecular formula is C28H32ClN3O5S. The molecule has 38 heavy (non-hydrogen) atoms. The molecule has 1 unspecified atom stereocenters. The summed E-state index contributed by atoms with van der Waals surface area (Å²) in [4.78, 5) is 42.3. The van der Waals surface area contributed by atoms with E-state index in [0.29, 0.717) is 33.4 Å². The minimum Gasteiger partial charge on any atom is -0.497 e. The highest BCUT2D eigenvalue weighted by atomic mass is 35.5. The lowest BCUT2D eigenvalue weighted by molar-refractivity contribution is -0.127. The van der Waals surface area contributed by atoms with E-state index in [4.69, 9.17) is 21.1 Å². The summed E-state index contributed by atoms with van der Waals surface area (Å²) in [6, 6.07) is 14.0. The molecule has 0 saturated carbocycles. The molecule has 0 aliphatic heterocycles. The van der Waals surface area contributed by atoms with Crippen molar-refractivity contribution in [3.05, 3.63) is 75.4 Å². The summed E-state index contributed by atoms with van der Waals surface area (Å²) in [7, 11) is 2.99. The molecule has 1 atom stereocenters. The third-order valence-electron chi connectivity index (χ3n) is 6.08. The zero-order chi connectivity index (χ0) is 27.9. The van der Waals surface area contributed by atoms with E-state index in [1.54, 1.807) is 60.0 Å². The summed E-state index contributed by atoms with van der Waals surface area (Å²) in [5.74, 6) is -0.479. The Morgan fingerprint density at radius 3 is 2.45 bits per heavy atom. The fourth-order valence-electron chi connectivity index (χ4n) is 3.72. The Morgan fingerprint density at radius 2 is 1.82 bits per heavy atom. The topological polar surface area (TPSA) is 97.0 Å². The number of hydrogen-bond acceptors (Lipinski definition) is 6. The summed E-state index contributed by atoms with van der Waals surface area (Å²) in [6.07, 6.45) is 0.662. The number of nitrogens with one attached hydrogen (secondary N) is 2. The van der Waals surface area contributed by atoms with Crippen LogP contribution in [0.15, 0.2) is 60.0 Å². The Balaban J connectivity index is 2.14. The molecule has 3 rings (SSSR count). The molecule has 0 bridgehead atoms. The predicted octanol–water partition coefficient (Wildman–Crippen LogP) is 5.23. The van der Waals surface area contributed by atoms with Crippen LogP contribution in [0.1, 0.15) is 48.5 Å². The van der Waals surface area contributed by atoms with Gasteiger partial charge in [0.2, 0.25) is 11.8 Å². The normalized spacial score (nSPS) is 11.8. The van der Waals surface area contributed by atoms with Crippen molar-refractivity contribution in [2.24, 2.45) is 0 Å². The summed E-state index contributed by atoms with van der Waals surface area (Å²) in [6.45, 7) is 5.41. The molecule has 1 aromatic heterocycles. The lowest BCUT2D eigenvalue weighted by Gasteiger charge is -2.35. The molecule has 0 radical (unpaired) electrons. The number of halogens is 1. The van der Waals surface area contributed by atoms with Crippen molar-refractivity contribution in [3.63, 3.8) is 0 Å². The summed E-state index contributed by atoms with van der Waals surface area (Å²) in [5, 5.41) is 7.84. The molecule has 0 spiro atoms. The van der Waals surface area contributed by atoms with Crippen LogP contribution in [0.5, 0.6) is 11.5 Å². The molecule has 10 heteroatoms. The predicted molar refractivity (Wildman–Crippen MR) is 150 cm³/mol. The van der Waals surface area contributed by atoms with Gasteiger partial charge in [-0.05, 0) is 67.6 Å². The fraction of sp³-hybridized carbons (Fsp3) is 0.321. The van der Waals surface area contributed by atoms with Crippen LogP contribution in [0.25, 0.3) is 0 Å². The van der Waals surface area contributed by atoms with Crippen LogP contribution >= 0.6 is 22.9 Å². The van der Waals surface area contributed by atoms with Gasteiger partial charge in [-0.1, -0.05) is 36.7 Å². The number of hydrogen-bond donors (Lipinski definition) is 2. The van der Waals surface area contributed by atoms with E-state index < -0.39 is 23.4 Å². The number of nitrogens with zero attached hydrogens (tertiary/aromatic N) is 1. The zero-order valence-electron chi connectivity index (χ0n) is 22.0. The van der Waals surface area contributed by atoms with Crippen molar-refractivity contribution < 1.29 is 23.9 Å². The second-order valence-corrected chi connectivity index (χ2v) is 10.5. The Bertz CT molecular complexity index is 1280. The van der Waals surface area contributed by atoms with E-state index in [2.05, 4.69) is 10.6 Å². The first-order valence-electron chi connectivity index (χ1n) is 12.0. The SMILES string of the molecule is CCC(C)(C)NC(=O)C(c1cccc(OC)c1)N(C(=O)CNC(=O)c1cccs1)c1cc(Cl)ccc1OC. The molecule has 202 valence electrons. The molecule has 0 saturated heterocycles. The molecule has 0 aliphatic rings. The van der Waals surface area contributed by atoms with E-state index >= 15 is 0 Å². The smallest absolute Gasteiger partial charge is 0.261 e. The highest BCUT2D eigenvalue weighted by molar-refractivity contribution is 7.12. The Morgan fingerprint density at radius 1 is 1.05 bits per heavy atom. The molecular weight excluding hydrogens is 526 g/mol.